The molecule has 0 fully saturated rings. The molecule has 0 saturated carbocycles. The minimum Gasteiger partial charge on any atom is -0.462 e. The van der Waals surface area contributed by atoms with Crippen molar-refractivity contribution in [3.8, 4) is 11.1 Å². The summed E-state index contributed by atoms with van der Waals surface area (Å²) < 4.78 is 34.9. The molecule has 0 radical (unpaired) electrons. The van der Waals surface area contributed by atoms with Gasteiger partial charge < -0.3 is 4.74 Å². The van der Waals surface area contributed by atoms with Gasteiger partial charge in [0.15, 0.2) is 0 Å². The average molecular weight is 455 g/mol. The minimum absolute atomic E-state index is 0.0315. The maximum atomic E-state index is 12.3. The van der Waals surface area contributed by atoms with E-state index in [0.717, 1.165) is 35.4 Å². The van der Waals surface area contributed by atoms with Crippen molar-refractivity contribution in [1.29, 1.82) is 0 Å². The van der Waals surface area contributed by atoms with Crippen molar-refractivity contribution in [2.24, 2.45) is 0 Å². The van der Waals surface area contributed by atoms with E-state index in [2.05, 4.69) is 0 Å². The molecule has 0 unspecified atom stereocenters. The van der Waals surface area contributed by atoms with Gasteiger partial charge in [0.2, 0.25) is 0 Å². The van der Waals surface area contributed by atoms with E-state index in [1.165, 1.54) is 6.92 Å². The van der Waals surface area contributed by atoms with Gasteiger partial charge in [-0.2, -0.15) is 8.42 Å². The van der Waals surface area contributed by atoms with Crippen molar-refractivity contribution in [2.75, 3.05) is 6.61 Å². The molecule has 0 aliphatic carbocycles. The van der Waals surface area contributed by atoms with Gasteiger partial charge in [0.05, 0.1) is 28.1 Å². The van der Waals surface area contributed by atoms with E-state index >= 15 is 0 Å². The number of nitro benzene ring substituents is 1. The third-order valence-electron chi connectivity index (χ3n) is 4.61. The lowest BCUT2D eigenvalue weighted by Crippen LogP contribution is -2.18. The second-order valence-electron chi connectivity index (χ2n) is 6.98. The summed E-state index contributed by atoms with van der Waals surface area (Å²) in [5.74, 6) is -0.518. The highest BCUT2D eigenvalue weighted by Crippen LogP contribution is 2.21. The van der Waals surface area contributed by atoms with Crippen LogP contribution in [0.15, 0.2) is 83.8 Å². The van der Waals surface area contributed by atoms with Crippen LogP contribution in [0.2, 0.25) is 0 Å². The number of carbonyl (C=O) groups excluding carboxylic acids is 1. The maximum Gasteiger partial charge on any atom is 0.338 e. The molecular formula is C23H21NO7S. The molecule has 3 aromatic rings. The Bertz CT molecular complexity index is 1180. The summed E-state index contributed by atoms with van der Waals surface area (Å²) in [5, 5.41) is 10.7. The van der Waals surface area contributed by atoms with E-state index in [1.54, 1.807) is 12.1 Å². The Hall–Kier alpha value is -3.56. The summed E-state index contributed by atoms with van der Waals surface area (Å²) in [7, 11) is -4.10. The Morgan fingerprint density at radius 3 is 2.12 bits per heavy atom. The van der Waals surface area contributed by atoms with Crippen LogP contribution in [0.25, 0.3) is 11.1 Å². The molecule has 0 heterocycles. The summed E-state index contributed by atoms with van der Waals surface area (Å²) in [6.45, 7) is 1.50. The van der Waals surface area contributed by atoms with Crippen LogP contribution >= 0.6 is 0 Å². The summed E-state index contributed by atoms with van der Waals surface area (Å²) >= 11 is 0. The first kappa shape index (κ1) is 23.1. The highest BCUT2D eigenvalue weighted by molar-refractivity contribution is 7.86. The Labute approximate surface area is 185 Å². The van der Waals surface area contributed by atoms with Crippen molar-refractivity contribution in [2.45, 2.75) is 24.3 Å². The number of ether oxygens (including phenoxy) is 1. The number of nitro groups is 1. The van der Waals surface area contributed by atoms with Crippen molar-refractivity contribution in [3.63, 3.8) is 0 Å². The van der Waals surface area contributed by atoms with E-state index in [9.17, 15) is 23.3 Å². The van der Waals surface area contributed by atoms with Gasteiger partial charge in [0, 0.05) is 18.6 Å². The fraction of sp³-hybridized carbons (Fsp3) is 0.174. The summed E-state index contributed by atoms with van der Waals surface area (Å²) in [5.41, 5.74) is 2.17. The van der Waals surface area contributed by atoms with Crippen LogP contribution in [0.3, 0.4) is 0 Å². The molecule has 0 bridgehead atoms. The average Bonchev–Trinajstić information content (AvgIpc) is 2.79. The molecule has 3 aromatic carbocycles. The summed E-state index contributed by atoms with van der Waals surface area (Å²) in [6.07, 6.45) is -0.608. The fourth-order valence-electron chi connectivity index (χ4n) is 2.88. The standard InChI is InChI=1S/C23H21NO7S/c1-17(31-32(28,29)22-13-11-21(12-14-22)24(26)27)15-16-30-23(25)20-9-7-19(8-10-20)18-5-3-2-4-6-18/h2-14,17H,15-16H2,1H3/t17-/m1/s1. The molecule has 0 aromatic heterocycles. The molecule has 166 valence electrons. The number of carbonyl (C=O) groups is 1. The van der Waals surface area contributed by atoms with Crippen molar-refractivity contribution >= 4 is 21.8 Å². The van der Waals surface area contributed by atoms with Crippen LogP contribution in [0.4, 0.5) is 5.69 Å². The zero-order chi connectivity index (χ0) is 23.1. The third kappa shape index (κ3) is 5.99. The van der Waals surface area contributed by atoms with Gasteiger partial charge in [0.1, 0.15) is 0 Å². The second-order valence-corrected chi connectivity index (χ2v) is 8.55. The van der Waals surface area contributed by atoms with E-state index < -0.39 is 27.1 Å². The smallest absolute Gasteiger partial charge is 0.338 e. The van der Waals surface area contributed by atoms with Gasteiger partial charge in [-0.05, 0) is 42.3 Å². The van der Waals surface area contributed by atoms with E-state index in [-0.39, 0.29) is 23.6 Å². The van der Waals surface area contributed by atoms with Gasteiger partial charge in [-0.25, -0.2) is 4.79 Å². The van der Waals surface area contributed by atoms with Gasteiger partial charge >= 0.3 is 5.97 Å². The molecule has 8 nitrogen and oxygen atoms in total. The van der Waals surface area contributed by atoms with Crippen LogP contribution in [0.5, 0.6) is 0 Å². The lowest BCUT2D eigenvalue weighted by atomic mass is 10.0. The molecule has 0 amide bonds. The normalized spacial score (nSPS) is 12.2. The number of non-ortho nitro benzene ring substituents is 1. The van der Waals surface area contributed by atoms with Crippen molar-refractivity contribution < 1.29 is 27.1 Å². The Kier molecular flexibility index (Phi) is 7.34. The SMILES string of the molecule is C[C@H](CCOC(=O)c1ccc(-c2ccccc2)cc1)OS(=O)(=O)c1ccc([N+](=O)[O-])cc1. The van der Waals surface area contributed by atoms with Crippen LogP contribution in [-0.4, -0.2) is 32.0 Å². The van der Waals surface area contributed by atoms with Crippen LogP contribution in [0, 0.1) is 10.1 Å². The topological polar surface area (TPSA) is 113 Å². The highest BCUT2D eigenvalue weighted by atomic mass is 32.2. The first-order valence-corrected chi connectivity index (χ1v) is 11.2. The van der Waals surface area contributed by atoms with Crippen LogP contribution in [-0.2, 0) is 19.0 Å². The molecule has 1 atom stereocenters. The number of rotatable bonds is 9. The number of nitrogens with zero attached hydrogens (tertiary/aromatic N) is 1. The molecule has 0 N–H and O–H groups in total. The Balaban J connectivity index is 1.50. The number of hydrogen-bond acceptors (Lipinski definition) is 7. The van der Waals surface area contributed by atoms with Crippen LogP contribution < -0.4 is 0 Å². The van der Waals surface area contributed by atoms with E-state index in [1.807, 2.05) is 42.5 Å². The summed E-state index contributed by atoms with van der Waals surface area (Å²) in [4.78, 5) is 22.1. The minimum atomic E-state index is -4.10. The molecule has 0 aliphatic rings. The quantitative estimate of drug-likeness (QED) is 0.200. The molecule has 9 heteroatoms. The molecule has 3 rings (SSSR count). The maximum absolute atomic E-state index is 12.3. The number of hydrogen-bond donors (Lipinski definition) is 0. The predicted octanol–water partition coefficient (Wildman–Crippen LogP) is 4.60. The third-order valence-corrected chi connectivity index (χ3v) is 6.04. The highest BCUT2D eigenvalue weighted by Gasteiger charge is 2.20. The first-order valence-electron chi connectivity index (χ1n) is 9.76. The van der Waals surface area contributed by atoms with Crippen molar-refractivity contribution in [1.82, 2.24) is 0 Å². The predicted molar refractivity (Wildman–Crippen MR) is 118 cm³/mol. The number of benzene rings is 3. The van der Waals surface area contributed by atoms with Gasteiger partial charge in [-0.1, -0.05) is 42.5 Å². The first-order chi connectivity index (χ1) is 15.3. The van der Waals surface area contributed by atoms with Gasteiger partial charge in [-0.3, -0.25) is 14.3 Å². The molecule has 0 aliphatic heterocycles. The zero-order valence-corrected chi connectivity index (χ0v) is 18.0. The van der Waals surface area contributed by atoms with Gasteiger partial charge in [0.25, 0.3) is 15.8 Å². The van der Waals surface area contributed by atoms with E-state index in [0.29, 0.717) is 5.56 Å². The molecule has 32 heavy (non-hydrogen) atoms. The van der Waals surface area contributed by atoms with Crippen molar-refractivity contribution in [3.05, 3.63) is 94.5 Å². The Morgan fingerprint density at radius 1 is 0.938 bits per heavy atom. The lowest BCUT2D eigenvalue weighted by Gasteiger charge is -2.13. The zero-order valence-electron chi connectivity index (χ0n) is 17.2. The molecule has 0 saturated heterocycles. The largest absolute Gasteiger partial charge is 0.462 e. The number of esters is 1. The van der Waals surface area contributed by atoms with Gasteiger partial charge in [-0.15, -0.1) is 0 Å². The second kappa shape index (κ2) is 10.2. The van der Waals surface area contributed by atoms with Crippen LogP contribution in [0.1, 0.15) is 23.7 Å². The van der Waals surface area contributed by atoms with E-state index in [4.69, 9.17) is 8.92 Å². The Morgan fingerprint density at radius 2 is 1.53 bits per heavy atom. The fourth-order valence-corrected chi connectivity index (χ4v) is 3.99. The lowest BCUT2D eigenvalue weighted by molar-refractivity contribution is -0.384. The summed E-state index contributed by atoms with van der Waals surface area (Å²) in [6, 6.07) is 21.1. The molecular weight excluding hydrogens is 434 g/mol. The molecule has 0 spiro atoms. The monoisotopic (exact) mass is 455 g/mol.